The number of nitrogen functional groups attached to an aromatic ring is 1. The van der Waals surface area contributed by atoms with Gasteiger partial charge in [-0.15, -0.1) is 0 Å². The molecule has 2 aromatic rings. The molecule has 2 amide bonds. The van der Waals surface area contributed by atoms with Gasteiger partial charge in [-0.05, 0) is 71.1 Å². The summed E-state index contributed by atoms with van der Waals surface area (Å²) in [6.07, 6.45) is 3.97. The Kier molecular flexibility index (Phi) is 14.5. The highest BCUT2D eigenvalue weighted by Gasteiger charge is 2.29. The second-order valence-corrected chi connectivity index (χ2v) is 13.3. The van der Waals surface area contributed by atoms with Crippen molar-refractivity contribution in [2.24, 2.45) is 0 Å². The number of hydrogen-bond donors (Lipinski definition) is 2. The van der Waals surface area contributed by atoms with Crippen molar-refractivity contribution in [3.05, 3.63) is 41.6 Å². The molecule has 13 nitrogen and oxygen atoms in total. The van der Waals surface area contributed by atoms with Crippen LogP contribution in [0.1, 0.15) is 64.1 Å². The number of rotatable bonds is 17. The third-order valence-electron chi connectivity index (χ3n) is 8.26. The normalized spacial score (nSPS) is 15.5. The monoisotopic (exact) mass is 669 g/mol. The molecule has 3 heterocycles. The zero-order valence-corrected chi connectivity index (χ0v) is 29.2. The van der Waals surface area contributed by atoms with Gasteiger partial charge in [-0.2, -0.15) is 4.98 Å². The van der Waals surface area contributed by atoms with Gasteiger partial charge in [0.1, 0.15) is 11.4 Å². The van der Waals surface area contributed by atoms with Crippen LogP contribution in [0.4, 0.5) is 22.2 Å². The van der Waals surface area contributed by atoms with Crippen LogP contribution in [-0.2, 0) is 30.3 Å². The van der Waals surface area contributed by atoms with Crippen molar-refractivity contribution in [2.45, 2.75) is 78.0 Å². The summed E-state index contributed by atoms with van der Waals surface area (Å²) >= 11 is 0. The van der Waals surface area contributed by atoms with Crippen LogP contribution < -0.4 is 20.9 Å². The van der Waals surface area contributed by atoms with E-state index in [-0.39, 0.29) is 17.9 Å². The molecule has 1 aromatic heterocycles. The van der Waals surface area contributed by atoms with E-state index in [4.69, 9.17) is 24.7 Å². The number of carbonyl (C=O) groups excluding carboxylic acids is 2. The van der Waals surface area contributed by atoms with Crippen molar-refractivity contribution in [2.75, 3.05) is 87.9 Å². The van der Waals surface area contributed by atoms with Crippen molar-refractivity contribution >= 4 is 29.5 Å². The van der Waals surface area contributed by atoms with Crippen molar-refractivity contribution in [1.29, 1.82) is 0 Å². The zero-order valence-electron chi connectivity index (χ0n) is 29.2. The Bertz CT molecular complexity index is 1270. The summed E-state index contributed by atoms with van der Waals surface area (Å²) in [6, 6.07) is 10.7. The number of hydrogen-bond acceptors (Lipinski definition) is 11. The Morgan fingerprint density at radius 2 is 1.58 bits per heavy atom. The van der Waals surface area contributed by atoms with Crippen molar-refractivity contribution in [3.8, 4) is 0 Å². The molecule has 0 atom stereocenters. The summed E-state index contributed by atoms with van der Waals surface area (Å²) in [5.41, 5.74) is 8.61. The average Bonchev–Trinajstić information content (AvgIpc) is 3.58. The van der Waals surface area contributed by atoms with Gasteiger partial charge in [-0.3, -0.25) is 4.79 Å². The Hall–Kier alpha value is -3.68. The Morgan fingerprint density at radius 3 is 2.25 bits per heavy atom. The predicted molar refractivity (Wildman–Crippen MR) is 186 cm³/mol. The highest BCUT2D eigenvalue weighted by molar-refractivity contribution is 5.76. The molecule has 13 heteroatoms. The van der Waals surface area contributed by atoms with E-state index >= 15 is 0 Å². The lowest BCUT2D eigenvalue weighted by molar-refractivity contribution is -0.136. The molecule has 4 rings (SSSR count). The topological polar surface area (TPSA) is 145 Å². The first-order valence-electron chi connectivity index (χ1n) is 17.3. The lowest BCUT2D eigenvalue weighted by Gasteiger charge is -2.39. The molecular formula is C35H55N7O6. The Balaban J connectivity index is 1.19. The predicted octanol–water partition coefficient (Wildman–Crippen LogP) is 3.93. The Labute approximate surface area is 285 Å². The van der Waals surface area contributed by atoms with Crippen molar-refractivity contribution in [3.63, 3.8) is 0 Å². The quantitative estimate of drug-likeness (QED) is 0.237. The van der Waals surface area contributed by atoms with Crippen molar-refractivity contribution in [1.82, 2.24) is 20.2 Å². The van der Waals surface area contributed by atoms with Crippen LogP contribution in [0.5, 0.6) is 0 Å². The minimum absolute atomic E-state index is 0.0939. The third kappa shape index (κ3) is 12.7. The highest BCUT2D eigenvalue weighted by atomic mass is 16.6. The smallest absolute Gasteiger partial charge is 0.407 e. The highest BCUT2D eigenvalue weighted by Crippen LogP contribution is 2.26. The summed E-state index contributed by atoms with van der Waals surface area (Å²) in [5, 5.41) is 2.65. The van der Waals surface area contributed by atoms with Gasteiger partial charge in [-0.1, -0.05) is 12.1 Å². The first kappa shape index (κ1) is 37.1. The third-order valence-corrected chi connectivity index (χ3v) is 8.26. The van der Waals surface area contributed by atoms with E-state index in [1.165, 1.54) is 18.5 Å². The number of nitrogens with two attached hydrogens (primary N) is 1. The minimum Gasteiger partial charge on any atom is -0.444 e. The molecule has 0 aliphatic carbocycles. The fourth-order valence-corrected chi connectivity index (χ4v) is 5.97. The van der Waals surface area contributed by atoms with Gasteiger partial charge < -0.3 is 44.7 Å². The van der Waals surface area contributed by atoms with Crippen molar-refractivity contribution < 1.29 is 28.5 Å². The number of piperidine rings is 1. The second kappa shape index (κ2) is 18.8. The van der Waals surface area contributed by atoms with E-state index in [2.05, 4.69) is 54.2 Å². The van der Waals surface area contributed by atoms with Crippen LogP contribution in [0, 0.1) is 6.92 Å². The fraction of sp³-hybridized carbons (Fsp3) is 0.657. The molecule has 0 spiro atoms. The molecule has 3 N–H and O–H groups in total. The summed E-state index contributed by atoms with van der Waals surface area (Å²) in [6.45, 7) is 14.4. The molecule has 2 aliphatic heterocycles. The van der Waals surface area contributed by atoms with E-state index in [0.717, 1.165) is 56.1 Å². The van der Waals surface area contributed by atoms with E-state index in [1.807, 2.05) is 33.8 Å². The van der Waals surface area contributed by atoms with Gasteiger partial charge >= 0.3 is 6.09 Å². The van der Waals surface area contributed by atoms with E-state index in [0.29, 0.717) is 59.2 Å². The number of aryl methyl sites for hydroxylation is 1. The maximum absolute atomic E-state index is 13.7. The SMILES string of the molecule is Cc1cc(N2CCC(N(Cc3cccc(N4CCCC4)c3)C(=O)CCOCCOCCOCCNC(=O)OC(C)(C)C)CC2)nc(N)n1. The van der Waals surface area contributed by atoms with Crippen LogP contribution in [0.2, 0.25) is 0 Å². The summed E-state index contributed by atoms with van der Waals surface area (Å²) in [4.78, 5) is 40.7. The molecule has 0 bridgehead atoms. The number of alkyl carbamates (subject to hydrolysis) is 1. The lowest BCUT2D eigenvalue weighted by atomic mass is 10.0. The average molecular weight is 670 g/mol. The fourth-order valence-electron chi connectivity index (χ4n) is 5.97. The van der Waals surface area contributed by atoms with Crippen LogP contribution in [0.15, 0.2) is 30.3 Å². The molecule has 2 aliphatic rings. The number of aromatic nitrogens is 2. The van der Waals surface area contributed by atoms with Gasteiger partial charge in [0.25, 0.3) is 0 Å². The number of anilines is 3. The molecular weight excluding hydrogens is 614 g/mol. The second-order valence-electron chi connectivity index (χ2n) is 13.3. The first-order valence-corrected chi connectivity index (χ1v) is 17.3. The van der Waals surface area contributed by atoms with Crippen LogP contribution in [0.25, 0.3) is 0 Å². The number of ether oxygens (including phenoxy) is 4. The molecule has 266 valence electrons. The van der Waals surface area contributed by atoms with Crippen LogP contribution >= 0.6 is 0 Å². The summed E-state index contributed by atoms with van der Waals surface area (Å²) in [7, 11) is 0. The van der Waals surface area contributed by atoms with Crippen LogP contribution in [-0.4, -0.2) is 111 Å². The lowest BCUT2D eigenvalue weighted by Crippen LogP contribution is -2.47. The molecule has 48 heavy (non-hydrogen) atoms. The molecule has 2 fully saturated rings. The van der Waals surface area contributed by atoms with Crippen LogP contribution in [0.3, 0.4) is 0 Å². The number of nitrogens with zero attached hydrogens (tertiary/aromatic N) is 5. The van der Waals surface area contributed by atoms with E-state index in [1.54, 1.807) is 0 Å². The van der Waals surface area contributed by atoms with Gasteiger partial charge in [0.05, 0.1) is 46.1 Å². The molecule has 0 unspecified atom stereocenters. The summed E-state index contributed by atoms with van der Waals surface area (Å²) in [5.74, 6) is 1.22. The van der Waals surface area contributed by atoms with Gasteiger partial charge in [0.15, 0.2) is 0 Å². The van der Waals surface area contributed by atoms with Gasteiger partial charge in [0, 0.05) is 62.8 Å². The maximum Gasteiger partial charge on any atom is 0.407 e. The zero-order chi connectivity index (χ0) is 34.4. The largest absolute Gasteiger partial charge is 0.444 e. The molecule has 0 saturated carbocycles. The molecule has 0 radical (unpaired) electrons. The first-order chi connectivity index (χ1) is 23.1. The van der Waals surface area contributed by atoms with E-state index < -0.39 is 11.7 Å². The molecule has 2 saturated heterocycles. The van der Waals surface area contributed by atoms with E-state index in [9.17, 15) is 9.59 Å². The van der Waals surface area contributed by atoms with Gasteiger partial charge in [-0.25, -0.2) is 9.78 Å². The molecule has 1 aromatic carbocycles. The maximum atomic E-state index is 13.7. The number of benzene rings is 1. The van der Waals surface area contributed by atoms with Gasteiger partial charge in [0.2, 0.25) is 11.9 Å². The standard InChI is InChI=1S/C35H55N7O6/c1-27-24-31(39-33(36)38-27)41-16-10-29(11-17-41)42(26-28-8-7-9-30(25-28)40-14-5-6-15-40)32(43)12-18-45-20-22-47-23-21-46-19-13-37-34(44)48-35(2,3)4/h7-9,24-25,29H,5-6,10-23,26H2,1-4H3,(H,37,44)(H2,36,38,39). The number of amides is 2. The number of nitrogens with one attached hydrogen (secondary N) is 1. The number of carbonyl (C=O) groups is 2. The minimum atomic E-state index is -0.528. The summed E-state index contributed by atoms with van der Waals surface area (Å²) < 4.78 is 22.0. The Morgan fingerprint density at radius 1 is 0.917 bits per heavy atom.